The maximum Gasteiger partial charge on any atom is 0.0540 e. The molecule has 0 bridgehead atoms. The predicted octanol–water partition coefficient (Wildman–Crippen LogP) is 14.5. The number of allylic oxidation sites excluding steroid dienone is 2. The quantitative estimate of drug-likeness (QED) is 0.142. The van der Waals surface area contributed by atoms with Crippen molar-refractivity contribution < 1.29 is 0 Å². The Morgan fingerprint density at radius 3 is 1.49 bits per heavy atom. The third kappa shape index (κ3) is 7.37. The fraction of sp³-hybridized carbons (Fsp3) is 0.143. The third-order valence-corrected chi connectivity index (χ3v) is 9.56. The van der Waals surface area contributed by atoms with Crippen LogP contribution < -0.4 is 9.80 Å². The van der Waals surface area contributed by atoms with Gasteiger partial charge in [0.1, 0.15) is 0 Å². The van der Waals surface area contributed by atoms with Gasteiger partial charge in [-0.15, -0.1) is 0 Å². The van der Waals surface area contributed by atoms with Crippen LogP contribution in [0.4, 0.5) is 34.1 Å². The minimum absolute atomic E-state index is 0.108. The van der Waals surface area contributed by atoms with Crippen LogP contribution >= 0.6 is 0 Å². The van der Waals surface area contributed by atoms with Crippen LogP contribution in [0.5, 0.6) is 0 Å². The highest BCUT2D eigenvalue weighted by Crippen LogP contribution is 2.43. The number of nitrogens with zero attached hydrogens (tertiary/aromatic N) is 2. The van der Waals surface area contributed by atoms with Gasteiger partial charge in [0.05, 0.1) is 5.69 Å². The number of rotatable bonds is 9. The molecule has 0 N–H and O–H groups in total. The standard InChI is InChI=1S/C49H46N2/c1-36(2)35-47(49(3,4)5)40-25-29-44(30-26-40)51(48-22-14-18-39-17-12-13-21-46(39)48)45-33-31-43(32-34-45)50(41-19-10-7-11-20-41)42-27-23-38(24-28-42)37-15-8-6-9-16-37/h6-35,47H,1-5H3. The average molecular weight is 663 g/mol. The van der Waals surface area contributed by atoms with E-state index in [1.807, 2.05) is 0 Å². The van der Waals surface area contributed by atoms with E-state index in [1.54, 1.807) is 0 Å². The summed E-state index contributed by atoms with van der Waals surface area (Å²) < 4.78 is 0. The van der Waals surface area contributed by atoms with Crippen LogP contribution in [0.25, 0.3) is 21.9 Å². The van der Waals surface area contributed by atoms with Crippen LogP contribution in [0.15, 0.2) is 188 Å². The number of hydrogen-bond acceptors (Lipinski definition) is 2. The van der Waals surface area contributed by atoms with E-state index in [1.165, 1.54) is 33.0 Å². The molecule has 0 aromatic heterocycles. The first-order valence-electron chi connectivity index (χ1n) is 17.9. The molecule has 2 nitrogen and oxygen atoms in total. The van der Waals surface area contributed by atoms with Gasteiger partial charge in [-0.25, -0.2) is 0 Å². The van der Waals surface area contributed by atoms with Gasteiger partial charge in [-0.2, -0.15) is 0 Å². The zero-order valence-corrected chi connectivity index (χ0v) is 30.3. The SMILES string of the molecule is CC(C)=CC(c1ccc(N(c2ccc(N(c3ccccc3)c3ccc(-c4ccccc4)cc3)cc2)c2cccc3ccccc23)cc1)C(C)(C)C. The van der Waals surface area contributed by atoms with Gasteiger partial charge < -0.3 is 9.80 Å². The fourth-order valence-electron chi connectivity index (χ4n) is 7.05. The Morgan fingerprint density at radius 1 is 0.451 bits per heavy atom. The molecule has 1 unspecified atom stereocenters. The minimum atomic E-state index is 0.108. The van der Waals surface area contributed by atoms with Crippen molar-refractivity contribution in [2.45, 2.75) is 40.5 Å². The van der Waals surface area contributed by atoms with Crippen molar-refractivity contribution in [3.8, 4) is 11.1 Å². The second kappa shape index (κ2) is 14.5. The molecule has 2 heteroatoms. The van der Waals surface area contributed by atoms with E-state index in [4.69, 9.17) is 0 Å². The lowest BCUT2D eigenvalue weighted by molar-refractivity contribution is 0.365. The van der Waals surface area contributed by atoms with E-state index >= 15 is 0 Å². The highest BCUT2D eigenvalue weighted by atomic mass is 15.2. The molecule has 7 aromatic rings. The summed E-state index contributed by atoms with van der Waals surface area (Å²) in [7, 11) is 0. The van der Waals surface area contributed by atoms with Crippen molar-refractivity contribution in [1.29, 1.82) is 0 Å². The summed E-state index contributed by atoms with van der Waals surface area (Å²) in [6.07, 6.45) is 2.41. The third-order valence-electron chi connectivity index (χ3n) is 9.56. The summed E-state index contributed by atoms with van der Waals surface area (Å²) in [5, 5.41) is 2.44. The number of benzene rings is 7. The summed E-state index contributed by atoms with van der Waals surface area (Å²) in [5.41, 5.74) is 11.9. The second-order valence-electron chi connectivity index (χ2n) is 14.6. The Bertz CT molecular complexity index is 2220. The molecule has 0 amide bonds. The van der Waals surface area contributed by atoms with Gasteiger partial charge >= 0.3 is 0 Å². The number of fused-ring (bicyclic) bond motifs is 1. The molecule has 0 heterocycles. The van der Waals surface area contributed by atoms with Crippen LogP contribution in [0.1, 0.15) is 46.1 Å². The first kappa shape index (κ1) is 33.6. The Hall–Kier alpha value is -5.86. The smallest absolute Gasteiger partial charge is 0.0540 e. The van der Waals surface area contributed by atoms with Gasteiger partial charge in [0.25, 0.3) is 0 Å². The topological polar surface area (TPSA) is 6.48 Å². The zero-order chi connectivity index (χ0) is 35.4. The van der Waals surface area contributed by atoms with Crippen molar-refractivity contribution in [2.75, 3.05) is 9.80 Å². The molecule has 0 aliphatic carbocycles. The highest BCUT2D eigenvalue weighted by molar-refractivity contribution is 5.99. The van der Waals surface area contributed by atoms with E-state index < -0.39 is 0 Å². The minimum Gasteiger partial charge on any atom is -0.311 e. The molecule has 252 valence electrons. The average Bonchev–Trinajstić information content (AvgIpc) is 3.16. The summed E-state index contributed by atoms with van der Waals surface area (Å²) >= 11 is 0. The van der Waals surface area contributed by atoms with Crippen molar-refractivity contribution >= 4 is 44.9 Å². The molecule has 0 spiro atoms. The first-order valence-corrected chi connectivity index (χ1v) is 17.9. The lowest BCUT2D eigenvalue weighted by atomic mass is 9.75. The van der Waals surface area contributed by atoms with Crippen LogP contribution in [0.3, 0.4) is 0 Å². The summed E-state index contributed by atoms with van der Waals surface area (Å²) in [4.78, 5) is 4.72. The molecule has 51 heavy (non-hydrogen) atoms. The van der Waals surface area contributed by atoms with Gasteiger partial charge in [0, 0.05) is 39.7 Å². The van der Waals surface area contributed by atoms with Crippen LogP contribution in [0.2, 0.25) is 0 Å². The van der Waals surface area contributed by atoms with E-state index in [2.05, 4.69) is 226 Å². The number of hydrogen-bond donors (Lipinski definition) is 0. The molecule has 0 saturated carbocycles. The van der Waals surface area contributed by atoms with E-state index in [0.29, 0.717) is 5.92 Å². The second-order valence-corrected chi connectivity index (χ2v) is 14.6. The van der Waals surface area contributed by atoms with Gasteiger partial charge in [-0.1, -0.05) is 142 Å². The summed E-state index contributed by atoms with van der Waals surface area (Å²) in [6, 6.07) is 63.4. The van der Waals surface area contributed by atoms with Crippen molar-refractivity contribution in [3.05, 3.63) is 193 Å². The van der Waals surface area contributed by atoms with Crippen LogP contribution in [0, 0.1) is 5.41 Å². The molecular weight excluding hydrogens is 617 g/mol. The van der Waals surface area contributed by atoms with Gasteiger partial charge in [0.2, 0.25) is 0 Å². The molecule has 0 saturated heterocycles. The van der Waals surface area contributed by atoms with E-state index in [0.717, 1.165) is 34.1 Å². The van der Waals surface area contributed by atoms with E-state index in [-0.39, 0.29) is 5.41 Å². The Morgan fingerprint density at radius 2 is 0.902 bits per heavy atom. The molecule has 0 fully saturated rings. The van der Waals surface area contributed by atoms with Crippen molar-refractivity contribution in [2.24, 2.45) is 5.41 Å². The molecule has 1 atom stereocenters. The maximum absolute atomic E-state index is 2.41. The normalized spacial score (nSPS) is 11.9. The monoisotopic (exact) mass is 662 g/mol. The molecule has 7 aromatic carbocycles. The van der Waals surface area contributed by atoms with Crippen molar-refractivity contribution in [1.82, 2.24) is 0 Å². The molecular formula is C49H46N2. The highest BCUT2D eigenvalue weighted by Gasteiger charge is 2.25. The summed E-state index contributed by atoms with van der Waals surface area (Å²) in [6.45, 7) is 11.4. The first-order chi connectivity index (χ1) is 24.8. The zero-order valence-electron chi connectivity index (χ0n) is 30.3. The van der Waals surface area contributed by atoms with Gasteiger partial charge in [0.15, 0.2) is 0 Å². The van der Waals surface area contributed by atoms with E-state index in [9.17, 15) is 0 Å². The fourth-order valence-corrected chi connectivity index (χ4v) is 7.05. The Balaban J connectivity index is 1.30. The molecule has 0 radical (unpaired) electrons. The lowest BCUT2D eigenvalue weighted by Gasteiger charge is -2.31. The lowest BCUT2D eigenvalue weighted by Crippen LogP contribution is -2.17. The molecule has 7 rings (SSSR count). The molecule has 0 aliphatic rings. The largest absolute Gasteiger partial charge is 0.311 e. The summed E-state index contributed by atoms with van der Waals surface area (Å²) in [5.74, 6) is 0.326. The van der Waals surface area contributed by atoms with Crippen LogP contribution in [-0.4, -0.2) is 0 Å². The molecule has 0 aliphatic heterocycles. The number of para-hydroxylation sites is 1. The van der Waals surface area contributed by atoms with Crippen LogP contribution in [-0.2, 0) is 0 Å². The number of anilines is 6. The Kier molecular flexibility index (Phi) is 9.59. The van der Waals surface area contributed by atoms with Gasteiger partial charge in [-0.05, 0) is 108 Å². The van der Waals surface area contributed by atoms with Gasteiger partial charge in [-0.3, -0.25) is 0 Å². The predicted molar refractivity (Wildman–Crippen MR) is 220 cm³/mol. The van der Waals surface area contributed by atoms with Crippen molar-refractivity contribution in [3.63, 3.8) is 0 Å². The maximum atomic E-state index is 2.41. The Labute approximate surface area is 304 Å².